The quantitative estimate of drug-likeness (QED) is 0.774. The van der Waals surface area contributed by atoms with E-state index in [-0.39, 0.29) is 0 Å². The van der Waals surface area contributed by atoms with Gasteiger partial charge in [-0.3, -0.25) is 0 Å². The van der Waals surface area contributed by atoms with Crippen LogP contribution in [0, 0.1) is 0 Å². The Bertz CT molecular complexity index is 551. The zero-order valence-corrected chi connectivity index (χ0v) is 12.9. The maximum Gasteiger partial charge on any atom is 0.159 e. The zero-order valence-electron chi connectivity index (χ0n) is 12.9. The fourth-order valence-electron chi connectivity index (χ4n) is 3.26. The van der Waals surface area contributed by atoms with E-state index in [1.54, 1.807) is 0 Å². The minimum Gasteiger partial charge on any atom is -0.236 e. The van der Waals surface area contributed by atoms with Crippen LogP contribution in [0.2, 0.25) is 0 Å². The van der Waals surface area contributed by atoms with Crippen molar-refractivity contribution >= 4 is 0 Å². The van der Waals surface area contributed by atoms with Crippen molar-refractivity contribution in [3.05, 3.63) is 47.8 Å². The molecule has 2 aromatic rings. The van der Waals surface area contributed by atoms with Gasteiger partial charge in [-0.15, -0.1) is 0 Å². The zero-order chi connectivity index (χ0) is 14.5. The molecule has 0 saturated heterocycles. The smallest absolute Gasteiger partial charge is 0.159 e. The number of rotatable bonds is 4. The number of hydrogen-bond acceptors (Lipinski definition) is 2. The monoisotopic (exact) mass is 280 g/mol. The summed E-state index contributed by atoms with van der Waals surface area (Å²) in [4.78, 5) is 9.00. The number of nitrogens with zero attached hydrogens (tertiary/aromatic N) is 2. The van der Waals surface area contributed by atoms with Crippen LogP contribution in [-0.2, 0) is 6.42 Å². The first-order chi connectivity index (χ1) is 10.4. The van der Waals surface area contributed by atoms with Gasteiger partial charge in [0.15, 0.2) is 5.82 Å². The van der Waals surface area contributed by atoms with E-state index in [0.29, 0.717) is 0 Å². The van der Waals surface area contributed by atoms with Crippen molar-refractivity contribution < 1.29 is 0 Å². The molecule has 0 bridgehead atoms. The van der Waals surface area contributed by atoms with Crippen molar-refractivity contribution in [3.8, 4) is 11.4 Å². The highest BCUT2D eigenvalue weighted by Crippen LogP contribution is 2.33. The summed E-state index contributed by atoms with van der Waals surface area (Å²) in [6.07, 6.45) is 13.0. The van der Waals surface area contributed by atoms with Crippen molar-refractivity contribution in [1.82, 2.24) is 9.97 Å². The molecule has 1 heterocycles. The third-order valence-corrected chi connectivity index (χ3v) is 4.49. The van der Waals surface area contributed by atoms with Crippen molar-refractivity contribution in [1.29, 1.82) is 0 Å². The highest BCUT2D eigenvalue weighted by Gasteiger charge is 2.15. The Balaban J connectivity index is 1.73. The van der Waals surface area contributed by atoms with Gasteiger partial charge >= 0.3 is 0 Å². The van der Waals surface area contributed by atoms with Gasteiger partial charge in [-0.25, -0.2) is 9.97 Å². The summed E-state index contributed by atoms with van der Waals surface area (Å²) in [6, 6.07) is 8.90. The molecule has 3 rings (SSSR count). The topological polar surface area (TPSA) is 25.8 Å². The summed E-state index contributed by atoms with van der Waals surface area (Å²) >= 11 is 0. The normalized spacial score (nSPS) is 16.0. The molecule has 1 aromatic carbocycles. The maximum absolute atomic E-state index is 4.50. The third kappa shape index (κ3) is 3.49. The Labute approximate surface area is 127 Å². The Morgan fingerprint density at radius 2 is 1.62 bits per heavy atom. The third-order valence-electron chi connectivity index (χ3n) is 4.49. The molecule has 0 spiro atoms. The van der Waals surface area contributed by atoms with E-state index >= 15 is 0 Å². The van der Waals surface area contributed by atoms with E-state index < -0.39 is 0 Å². The van der Waals surface area contributed by atoms with Crippen molar-refractivity contribution in [2.24, 2.45) is 0 Å². The molecule has 21 heavy (non-hydrogen) atoms. The molecule has 0 unspecified atom stereocenters. The Hall–Kier alpha value is -1.70. The van der Waals surface area contributed by atoms with Gasteiger partial charge in [0, 0.05) is 18.0 Å². The molecule has 2 nitrogen and oxygen atoms in total. The molecular weight excluding hydrogens is 256 g/mol. The summed E-state index contributed by atoms with van der Waals surface area (Å²) < 4.78 is 0. The van der Waals surface area contributed by atoms with E-state index in [4.69, 9.17) is 0 Å². The lowest BCUT2D eigenvalue weighted by Gasteiger charge is -2.22. The van der Waals surface area contributed by atoms with Crippen molar-refractivity contribution in [3.63, 3.8) is 0 Å². The van der Waals surface area contributed by atoms with E-state index in [9.17, 15) is 0 Å². The van der Waals surface area contributed by atoms with E-state index in [1.165, 1.54) is 43.2 Å². The molecule has 0 aliphatic heterocycles. The van der Waals surface area contributed by atoms with Crippen LogP contribution in [0.3, 0.4) is 0 Å². The Morgan fingerprint density at radius 3 is 2.24 bits per heavy atom. The first-order valence-corrected chi connectivity index (χ1v) is 8.28. The number of aryl methyl sites for hydroxylation is 1. The summed E-state index contributed by atoms with van der Waals surface area (Å²) in [5.41, 5.74) is 3.83. The SMILES string of the molecule is CCCc1cnc(-c2ccc(C3CCCCC3)cc2)nc1. The van der Waals surface area contributed by atoms with Gasteiger partial charge in [0.05, 0.1) is 0 Å². The minimum absolute atomic E-state index is 0.764. The summed E-state index contributed by atoms with van der Waals surface area (Å²) in [6.45, 7) is 2.18. The second-order valence-electron chi connectivity index (χ2n) is 6.12. The van der Waals surface area contributed by atoms with Crippen LogP contribution < -0.4 is 0 Å². The molecule has 0 radical (unpaired) electrons. The van der Waals surface area contributed by atoms with E-state index in [0.717, 1.165) is 30.1 Å². The van der Waals surface area contributed by atoms with Crippen LogP contribution in [0.25, 0.3) is 11.4 Å². The second kappa shape index (κ2) is 6.84. The van der Waals surface area contributed by atoms with Gasteiger partial charge in [0.2, 0.25) is 0 Å². The van der Waals surface area contributed by atoms with Gasteiger partial charge in [-0.2, -0.15) is 0 Å². The molecule has 1 aromatic heterocycles. The Kier molecular flexibility index (Phi) is 4.64. The number of hydrogen-bond donors (Lipinski definition) is 0. The minimum atomic E-state index is 0.764. The lowest BCUT2D eigenvalue weighted by atomic mass is 9.84. The lowest BCUT2D eigenvalue weighted by Crippen LogP contribution is -2.04. The second-order valence-corrected chi connectivity index (χ2v) is 6.12. The van der Waals surface area contributed by atoms with Gasteiger partial charge < -0.3 is 0 Å². The van der Waals surface area contributed by atoms with Crippen LogP contribution in [0.5, 0.6) is 0 Å². The van der Waals surface area contributed by atoms with E-state index in [1.807, 2.05) is 12.4 Å². The average molecular weight is 280 g/mol. The molecule has 1 saturated carbocycles. The Morgan fingerprint density at radius 1 is 0.952 bits per heavy atom. The molecule has 1 aliphatic carbocycles. The van der Waals surface area contributed by atoms with Gasteiger partial charge in [-0.05, 0) is 36.3 Å². The number of benzene rings is 1. The molecule has 2 heteroatoms. The average Bonchev–Trinajstić information content (AvgIpc) is 2.57. The number of aromatic nitrogens is 2. The summed E-state index contributed by atoms with van der Waals surface area (Å²) in [7, 11) is 0. The van der Waals surface area contributed by atoms with Gasteiger partial charge in [0.1, 0.15) is 0 Å². The summed E-state index contributed by atoms with van der Waals surface area (Å²) in [5.74, 6) is 1.60. The molecule has 0 amide bonds. The van der Waals surface area contributed by atoms with E-state index in [2.05, 4.69) is 41.2 Å². The molecule has 1 aliphatic rings. The van der Waals surface area contributed by atoms with Crippen molar-refractivity contribution in [2.75, 3.05) is 0 Å². The largest absolute Gasteiger partial charge is 0.236 e. The fraction of sp³-hybridized carbons (Fsp3) is 0.474. The summed E-state index contributed by atoms with van der Waals surface area (Å²) in [5, 5.41) is 0. The first-order valence-electron chi connectivity index (χ1n) is 8.28. The maximum atomic E-state index is 4.50. The standard InChI is InChI=1S/C19H24N2/c1-2-6-15-13-20-19(21-14-15)18-11-9-17(10-12-18)16-7-4-3-5-8-16/h9-14,16H,2-8H2,1H3. The molecule has 110 valence electrons. The van der Waals surface area contributed by atoms with Gasteiger partial charge in [0.25, 0.3) is 0 Å². The molecule has 0 N–H and O–H groups in total. The predicted octanol–water partition coefficient (Wildman–Crippen LogP) is 5.14. The van der Waals surface area contributed by atoms with Crippen molar-refractivity contribution in [2.45, 2.75) is 57.8 Å². The van der Waals surface area contributed by atoms with Crippen LogP contribution in [-0.4, -0.2) is 9.97 Å². The first kappa shape index (κ1) is 14.2. The lowest BCUT2D eigenvalue weighted by molar-refractivity contribution is 0.443. The van der Waals surface area contributed by atoms with Crippen LogP contribution in [0.4, 0.5) is 0 Å². The molecule has 1 fully saturated rings. The van der Waals surface area contributed by atoms with Crippen LogP contribution in [0.15, 0.2) is 36.7 Å². The van der Waals surface area contributed by atoms with Crippen LogP contribution >= 0.6 is 0 Å². The predicted molar refractivity (Wildman–Crippen MR) is 87.3 cm³/mol. The van der Waals surface area contributed by atoms with Crippen LogP contribution in [0.1, 0.15) is 62.5 Å². The highest BCUT2D eigenvalue weighted by atomic mass is 14.9. The van der Waals surface area contributed by atoms with Gasteiger partial charge in [-0.1, -0.05) is 56.9 Å². The fourth-order valence-corrected chi connectivity index (χ4v) is 3.26. The molecular formula is C19H24N2. The molecule has 0 atom stereocenters. The highest BCUT2D eigenvalue weighted by molar-refractivity contribution is 5.55.